The van der Waals surface area contributed by atoms with E-state index in [9.17, 15) is 10.1 Å². The molecule has 0 atom stereocenters. The summed E-state index contributed by atoms with van der Waals surface area (Å²) in [5.41, 5.74) is 1.75. The Labute approximate surface area is 164 Å². The zero-order valence-electron chi connectivity index (χ0n) is 13.6. The Morgan fingerprint density at radius 2 is 1.85 bits per heavy atom. The van der Waals surface area contributed by atoms with Gasteiger partial charge >= 0.3 is 5.97 Å². The predicted octanol–water partition coefficient (Wildman–Crippen LogP) is 5.30. The number of aromatic nitrogens is 1. The molecule has 0 aliphatic heterocycles. The third kappa shape index (κ3) is 3.95. The van der Waals surface area contributed by atoms with Crippen LogP contribution in [0.25, 0.3) is 17.3 Å². The van der Waals surface area contributed by atoms with E-state index in [2.05, 4.69) is 10.5 Å². The number of rotatable bonds is 5. The van der Waals surface area contributed by atoms with Crippen molar-refractivity contribution < 1.29 is 14.4 Å². The van der Waals surface area contributed by atoms with E-state index in [4.69, 9.17) is 32.8 Å². The van der Waals surface area contributed by atoms with Crippen LogP contribution >= 0.6 is 23.2 Å². The van der Waals surface area contributed by atoms with Crippen molar-refractivity contribution in [1.29, 1.82) is 5.26 Å². The molecule has 2 N–H and O–H groups in total. The van der Waals surface area contributed by atoms with E-state index in [1.165, 1.54) is 18.2 Å². The first-order chi connectivity index (χ1) is 13.0. The molecule has 0 spiro atoms. The summed E-state index contributed by atoms with van der Waals surface area (Å²) in [4.78, 5) is 10.8. The minimum absolute atomic E-state index is 0.188. The molecular weight excluding hydrogens is 389 g/mol. The lowest BCUT2D eigenvalue weighted by Crippen LogP contribution is -1.96. The molecule has 3 rings (SSSR count). The Balaban J connectivity index is 1.84. The third-order valence-corrected chi connectivity index (χ3v) is 4.28. The maximum absolute atomic E-state index is 10.8. The van der Waals surface area contributed by atoms with Crippen molar-refractivity contribution in [3.63, 3.8) is 0 Å². The van der Waals surface area contributed by atoms with Crippen LogP contribution in [0.4, 0.5) is 5.69 Å². The molecule has 27 heavy (non-hydrogen) atoms. The van der Waals surface area contributed by atoms with Gasteiger partial charge in [0.2, 0.25) is 0 Å². The number of carboxylic acids is 1. The van der Waals surface area contributed by atoms with Gasteiger partial charge in [0, 0.05) is 23.5 Å². The van der Waals surface area contributed by atoms with Crippen LogP contribution in [0.2, 0.25) is 10.0 Å². The minimum atomic E-state index is -0.997. The van der Waals surface area contributed by atoms with Crippen LogP contribution in [0.5, 0.6) is 0 Å². The molecule has 0 aliphatic carbocycles. The zero-order chi connectivity index (χ0) is 19.4. The van der Waals surface area contributed by atoms with Crippen molar-refractivity contribution in [1.82, 2.24) is 5.16 Å². The number of anilines is 1. The zero-order valence-corrected chi connectivity index (χ0v) is 15.1. The molecule has 3 aromatic rings. The van der Waals surface area contributed by atoms with E-state index >= 15 is 0 Å². The summed E-state index contributed by atoms with van der Waals surface area (Å²) in [6.45, 7) is 0. The van der Waals surface area contributed by atoms with Crippen molar-refractivity contribution in [3.05, 3.63) is 75.6 Å². The molecule has 0 unspecified atom stereocenters. The van der Waals surface area contributed by atoms with E-state index < -0.39 is 5.97 Å². The van der Waals surface area contributed by atoms with Crippen molar-refractivity contribution in [3.8, 4) is 17.3 Å². The van der Waals surface area contributed by atoms with Crippen LogP contribution in [0, 0.1) is 11.3 Å². The van der Waals surface area contributed by atoms with Gasteiger partial charge in [-0.15, -0.1) is 0 Å². The fourth-order valence-electron chi connectivity index (χ4n) is 2.34. The number of nitrogens with zero attached hydrogens (tertiary/aromatic N) is 2. The molecule has 1 aromatic heterocycles. The molecule has 2 aromatic carbocycles. The second-order valence-corrected chi connectivity index (χ2v) is 6.15. The summed E-state index contributed by atoms with van der Waals surface area (Å²) in [7, 11) is 0. The van der Waals surface area contributed by atoms with Crippen LogP contribution in [-0.4, -0.2) is 16.2 Å². The Hall–Kier alpha value is -3.27. The summed E-state index contributed by atoms with van der Waals surface area (Å²) in [5, 5.41) is 26.0. The summed E-state index contributed by atoms with van der Waals surface area (Å²) < 4.78 is 5.25. The van der Waals surface area contributed by atoms with Crippen LogP contribution in [0.1, 0.15) is 21.7 Å². The SMILES string of the molecule is N#Cc1c(-c2c(Cl)cccc2Cl)noc1/C=C/Nc1ccc(C(=O)O)cc1. The molecule has 0 bridgehead atoms. The van der Waals surface area contributed by atoms with Gasteiger partial charge in [0.25, 0.3) is 0 Å². The highest BCUT2D eigenvalue weighted by Gasteiger charge is 2.20. The fraction of sp³-hybridized carbons (Fsp3) is 0. The third-order valence-electron chi connectivity index (χ3n) is 3.65. The molecule has 8 heteroatoms. The second-order valence-electron chi connectivity index (χ2n) is 5.34. The highest BCUT2D eigenvalue weighted by Crippen LogP contribution is 2.36. The van der Waals surface area contributed by atoms with Crippen molar-refractivity contribution in [2.24, 2.45) is 0 Å². The lowest BCUT2D eigenvalue weighted by atomic mass is 10.1. The van der Waals surface area contributed by atoms with Gasteiger partial charge in [-0.3, -0.25) is 0 Å². The number of hydrogen-bond acceptors (Lipinski definition) is 5. The Bertz CT molecular complexity index is 1050. The number of nitrogens with one attached hydrogen (secondary N) is 1. The first-order valence-electron chi connectivity index (χ1n) is 7.62. The Kier molecular flexibility index (Phi) is 5.46. The normalized spacial score (nSPS) is 10.7. The minimum Gasteiger partial charge on any atom is -0.478 e. The van der Waals surface area contributed by atoms with Crippen molar-refractivity contribution in [2.75, 3.05) is 5.32 Å². The standard InChI is InChI=1S/C19H11Cl2N3O3/c20-14-2-1-3-15(21)17(14)18-13(10-22)16(27-24-18)8-9-23-12-6-4-11(5-7-12)19(25)26/h1-9,23H,(H,25,26)/b9-8+. The number of aromatic carboxylic acids is 1. The molecule has 0 amide bonds. The number of benzene rings is 2. The van der Waals surface area contributed by atoms with E-state index in [0.717, 1.165) is 0 Å². The van der Waals surface area contributed by atoms with Gasteiger partial charge in [-0.1, -0.05) is 34.4 Å². The lowest BCUT2D eigenvalue weighted by Gasteiger charge is -2.02. The van der Waals surface area contributed by atoms with Gasteiger partial charge in [0.05, 0.1) is 15.6 Å². The molecule has 6 nitrogen and oxygen atoms in total. The van der Waals surface area contributed by atoms with Gasteiger partial charge in [0.15, 0.2) is 5.76 Å². The number of carboxylic acid groups (broad SMARTS) is 1. The lowest BCUT2D eigenvalue weighted by molar-refractivity contribution is 0.0697. The highest BCUT2D eigenvalue weighted by atomic mass is 35.5. The Morgan fingerprint density at radius 1 is 1.19 bits per heavy atom. The number of nitriles is 1. The molecule has 0 saturated carbocycles. The number of carbonyl (C=O) groups is 1. The first-order valence-corrected chi connectivity index (χ1v) is 8.37. The average Bonchev–Trinajstić information content (AvgIpc) is 3.04. The number of hydrogen-bond donors (Lipinski definition) is 2. The largest absolute Gasteiger partial charge is 0.478 e. The van der Waals surface area contributed by atoms with Gasteiger partial charge in [-0.05, 0) is 36.4 Å². The average molecular weight is 400 g/mol. The van der Waals surface area contributed by atoms with Crippen LogP contribution in [0.3, 0.4) is 0 Å². The van der Waals surface area contributed by atoms with Crippen LogP contribution in [0.15, 0.2) is 53.2 Å². The summed E-state index contributed by atoms with van der Waals surface area (Å²) in [5.74, 6) is -0.763. The molecule has 0 aliphatic rings. The first kappa shape index (κ1) is 18.5. The van der Waals surface area contributed by atoms with Gasteiger partial charge < -0.3 is 14.9 Å². The molecule has 0 fully saturated rings. The van der Waals surface area contributed by atoms with Crippen LogP contribution < -0.4 is 5.32 Å². The second kappa shape index (κ2) is 7.96. The smallest absolute Gasteiger partial charge is 0.335 e. The molecule has 0 saturated heterocycles. The van der Waals surface area contributed by atoms with E-state index in [0.29, 0.717) is 21.3 Å². The monoisotopic (exact) mass is 399 g/mol. The van der Waals surface area contributed by atoms with Gasteiger partial charge in [-0.2, -0.15) is 5.26 Å². The van der Waals surface area contributed by atoms with E-state index in [1.807, 2.05) is 6.07 Å². The van der Waals surface area contributed by atoms with Crippen molar-refractivity contribution >= 4 is 40.9 Å². The summed E-state index contributed by atoms with van der Waals surface area (Å²) >= 11 is 12.3. The van der Waals surface area contributed by atoms with Gasteiger partial charge in [0.1, 0.15) is 17.3 Å². The van der Waals surface area contributed by atoms with E-state index in [1.54, 1.807) is 36.5 Å². The van der Waals surface area contributed by atoms with Crippen LogP contribution in [-0.2, 0) is 0 Å². The highest BCUT2D eigenvalue weighted by molar-refractivity contribution is 6.39. The predicted molar refractivity (Wildman–Crippen MR) is 103 cm³/mol. The molecule has 1 heterocycles. The topological polar surface area (TPSA) is 99.2 Å². The molecule has 0 radical (unpaired) electrons. The summed E-state index contributed by atoms with van der Waals surface area (Å²) in [6, 6.07) is 13.2. The quantitative estimate of drug-likeness (QED) is 0.603. The molecule has 134 valence electrons. The summed E-state index contributed by atoms with van der Waals surface area (Å²) in [6.07, 6.45) is 3.08. The number of halogens is 2. The van der Waals surface area contributed by atoms with E-state index in [-0.39, 0.29) is 22.6 Å². The molecular formula is C19H11Cl2N3O3. The maximum atomic E-state index is 10.8. The maximum Gasteiger partial charge on any atom is 0.335 e. The Morgan fingerprint density at radius 3 is 2.44 bits per heavy atom. The van der Waals surface area contributed by atoms with Crippen molar-refractivity contribution in [2.45, 2.75) is 0 Å². The van der Waals surface area contributed by atoms with Gasteiger partial charge in [-0.25, -0.2) is 4.79 Å². The fourth-order valence-corrected chi connectivity index (χ4v) is 2.92.